The third-order valence-electron chi connectivity index (χ3n) is 1.10. The Kier molecular flexibility index (Phi) is 8.11. The van der Waals surface area contributed by atoms with Crippen LogP contribution in [0.25, 0.3) is 0 Å². The number of allylic oxidation sites excluding steroid dienone is 2. The lowest BCUT2D eigenvalue weighted by molar-refractivity contribution is 1.03. The normalized spacial score (nSPS) is 14.6. The molecule has 0 saturated carbocycles. The highest BCUT2D eigenvalue weighted by molar-refractivity contribution is 6.62. The summed E-state index contributed by atoms with van der Waals surface area (Å²) >= 11 is 44.4. The maximum atomic E-state index is 5.79. The van der Waals surface area contributed by atoms with E-state index < -0.39 is 10.8 Å². The summed E-state index contributed by atoms with van der Waals surface area (Å²) in [6, 6.07) is 0. The molecule has 0 spiro atoms. The van der Waals surface area contributed by atoms with Crippen LogP contribution in [0.5, 0.6) is 0 Å². The Labute approximate surface area is 122 Å². The van der Waals surface area contributed by atoms with Crippen molar-refractivity contribution in [1.82, 2.24) is 0 Å². The van der Waals surface area contributed by atoms with Gasteiger partial charge in [-0.05, 0) is 0 Å². The molecule has 0 aromatic carbocycles. The van der Waals surface area contributed by atoms with Gasteiger partial charge in [0.25, 0.3) is 0 Å². The smallest absolute Gasteiger partial charge is 0.115 e. The van der Waals surface area contributed by atoms with E-state index in [1.54, 1.807) is 0 Å². The minimum Gasteiger partial charge on any atom is -0.115 e. The fourth-order valence-electron chi connectivity index (χ4n) is 0.465. The van der Waals surface area contributed by atoms with Crippen LogP contribution in [0.4, 0.5) is 0 Å². The first kappa shape index (κ1) is 15.8. The maximum absolute atomic E-state index is 5.79. The highest BCUT2D eigenvalue weighted by Gasteiger charge is 2.26. The number of alkyl halides is 2. The van der Waals surface area contributed by atoms with E-state index in [1.165, 1.54) is 0 Å². The lowest BCUT2D eigenvalue weighted by Crippen LogP contribution is -2.16. The van der Waals surface area contributed by atoms with Crippen molar-refractivity contribution in [3.63, 3.8) is 0 Å². The summed E-state index contributed by atoms with van der Waals surface area (Å²) in [7, 11) is 0. The van der Waals surface area contributed by atoms with Gasteiger partial charge in [-0.25, -0.2) is 0 Å². The fraction of sp³-hybridized carbons (Fsp3) is 0.333. The van der Waals surface area contributed by atoms with Crippen molar-refractivity contribution >= 4 is 92.8 Å². The van der Waals surface area contributed by atoms with Crippen LogP contribution in [0.3, 0.4) is 0 Å². The molecule has 0 N–H and O–H groups in total. The van der Waals surface area contributed by atoms with Crippen molar-refractivity contribution in [2.24, 2.45) is 0 Å². The molecule has 8 heteroatoms. The molecule has 0 aliphatic carbocycles. The van der Waals surface area contributed by atoms with Gasteiger partial charge in [-0.1, -0.05) is 69.6 Å². The molecule has 0 aliphatic heterocycles. The third kappa shape index (κ3) is 4.76. The third-order valence-corrected chi connectivity index (χ3v) is 4.44. The van der Waals surface area contributed by atoms with E-state index in [-0.39, 0.29) is 19.0 Å². The van der Waals surface area contributed by atoms with Gasteiger partial charge in [0.1, 0.15) is 8.98 Å². The molecular weight excluding hydrogens is 356 g/mol. The van der Waals surface area contributed by atoms with Gasteiger partial charge in [0.15, 0.2) is 0 Å². The van der Waals surface area contributed by atoms with Gasteiger partial charge in [0.05, 0.1) is 20.8 Å². The summed E-state index contributed by atoms with van der Waals surface area (Å²) in [5.41, 5.74) is 0. The average molecular weight is 358 g/mol. The molecule has 0 aliphatic rings. The second kappa shape index (κ2) is 7.19. The maximum Gasteiger partial charge on any atom is 0.122 e. The topological polar surface area (TPSA) is 0 Å². The van der Waals surface area contributed by atoms with Gasteiger partial charge < -0.3 is 0 Å². The van der Waals surface area contributed by atoms with E-state index in [9.17, 15) is 0 Å². The zero-order valence-corrected chi connectivity index (χ0v) is 12.2. The van der Waals surface area contributed by atoms with Crippen LogP contribution in [0.1, 0.15) is 0 Å². The lowest BCUT2D eigenvalue weighted by Gasteiger charge is -2.14. The molecule has 0 heterocycles. The Morgan fingerprint density at radius 2 is 0.786 bits per heavy atom. The molecule has 0 amide bonds. The predicted octanol–water partition coefficient (Wildman–Crippen LogP) is 5.97. The second-order valence-electron chi connectivity index (χ2n) is 2.02. The molecule has 82 valence electrons. The predicted molar refractivity (Wildman–Crippen MR) is 68.5 cm³/mol. The quantitative estimate of drug-likeness (QED) is 0.546. The van der Waals surface area contributed by atoms with Gasteiger partial charge in [-0.3, -0.25) is 0 Å². The summed E-state index contributed by atoms with van der Waals surface area (Å²) < 4.78 is -0.375. The zero-order valence-electron chi connectivity index (χ0n) is 6.18. The SMILES string of the molecule is ClC(Cl)=C(Cl)C(Cl)C(Cl)C(Cl)=C(Cl)Cl. The fourth-order valence-corrected chi connectivity index (χ4v) is 2.01. The first-order valence-electron chi connectivity index (χ1n) is 2.98. The van der Waals surface area contributed by atoms with Gasteiger partial charge in [-0.15, -0.1) is 23.2 Å². The summed E-state index contributed by atoms with van der Waals surface area (Å²) in [4.78, 5) is 0. The minimum absolute atomic E-state index is 0.0252. The Bertz CT molecular complexity index is 231. The highest BCUT2D eigenvalue weighted by atomic mass is 35.5. The zero-order chi connectivity index (χ0) is 11.5. The van der Waals surface area contributed by atoms with E-state index in [2.05, 4.69) is 0 Å². The van der Waals surface area contributed by atoms with Crippen molar-refractivity contribution in [2.75, 3.05) is 0 Å². The van der Waals surface area contributed by atoms with Crippen LogP contribution < -0.4 is 0 Å². The Morgan fingerprint density at radius 1 is 0.571 bits per heavy atom. The second-order valence-corrected chi connectivity index (χ2v) is 5.67. The van der Waals surface area contributed by atoms with Crippen molar-refractivity contribution in [1.29, 1.82) is 0 Å². The van der Waals surface area contributed by atoms with Crippen LogP contribution in [-0.4, -0.2) is 10.8 Å². The van der Waals surface area contributed by atoms with E-state index in [4.69, 9.17) is 92.8 Å². The first-order chi connectivity index (χ1) is 6.29. The standard InChI is InChI=1S/C6H2Cl8/c7-1(3(9)5(11)12)2(8)4(10)6(13)14/h1-2H. The lowest BCUT2D eigenvalue weighted by atomic mass is 10.3. The molecule has 0 aromatic heterocycles. The molecule has 0 bridgehead atoms. The molecule has 2 atom stereocenters. The Morgan fingerprint density at radius 3 is 0.929 bits per heavy atom. The molecule has 2 unspecified atom stereocenters. The number of halogens is 8. The van der Waals surface area contributed by atoms with E-state index in [0.29, 0.717) is 0 Å². The van der Waals surface area contributed by atoms with E-state index >= 15 is 0 Å². The van der Waals surface area contributed by atoms with Gasteiger partial charge in [0, 0.05) is 0 Å². The van der Waals surface area contributed by atoms with Gasteiger partial charge in [-0.2, -0.15) is 0 Å². The molecular formula is C6H2Cl8. The van der Waals surface area contributed by atoms with E-state index in [0.717, 1.165) is 0 Å². The van der Waals surface area contributed by atoms with Crippen LogP contribution >= 0.6 is 92.8 Å². The highest BCUT2D eigenvalue weighted by Crippen LogP contribution is 2.35. The molecule has 0 radical (unpaired) electrons. The number of hydrogen-bond donors (Lipinski definition) is 0. The minimum atomic E-state index is -0.900. The van der Waals surface area contributed by atoms with Crippen molar-refractivity contribution in [2.45, 2.75) is 10.8 Å². The summed E-state index contributed by atoms with van der Waals surface area (Å²) in [6.07, 6.45) is 0. The van der Waals surface area contributed by atoms with E-state index in [1.807, 2.05) is 0 Å². The number of rotatable bonds is 3. The number of hydrogen-bond acceptors (Lipinski definition) is 0. The first-order valence-corrected chi connectivity index (χ1v) is 6.12. The molecule has 14 heavy (non-hydrogen) atoms. The van der Waals surface area contributed by atoms with Crippen LogP contribution in [-0.2, 0) is 0 Å². The largest absolute Gasteiger partial charge is 0.122 e. The molecule has 0 nitrogen and oxygen atoms in total. The summed E-state index contributed by atoms with van der Waals surface area (Å²) in [5.74, 6) is 0. The van der Waals surface area contributed by atoms with Crippen LogP contribution in [0, 0.1) is 0 Å². The molecule has 0 aromatic rings. The van der Waals surface area contributed by atoms with Crippen LogP contribution in [0.2, 0.25) is 0 Å². The van der Waals surface area contributed by atoms with Crippen LogP contribution in [0.15, 0.2) is 19.0 Å². The molecule has 0 saturated heterocycles. The Hall–Kier alpha value is 1.80. The van der Waals surface area contributed by atoms with Crippen molar-refractivity contribution < 1.29 is 0 Å². The van der Waals surface area contributed by atoms with Gasteiger partial charge >= 0.3 is 0 Å². The molecule has 0 rings (SSSR count). The van der Waals surface area contributed by atoms with Crippen molar-refractivity contribution in [3.8, 4) is 0 Å². The average Bonchev–Trinajstić information content (AvgIpc) is 2.12. The summed E-state index contributed by atoms with van der Waals surface area (Å²) in [5, 5.41) is -1.85. The Balaban J connectivity index is 4.82. The van der Waals surface area contributed by atoms with Crippen molar-refractivity contribution in [3.05, 3.63) is 19.0 Å². The summed E-state index contributed by atoms with van der Waals surface area (Å²) in [6.45, 7) is 0. The molecule has 0 fully saturated rings. The van der Waals surface area contributed by atoms with Gasteiger partial charge in [0.2, 0.25) is 0 Å². The monoisotopic (exact) mass is 354 g/mol.